The van der Waals surface area contributed by atoms with Crippen molar-refractivity contribution in [1.29, 1.82) is 0 Å². The number of anilines is 1. The minimum atomic E-state index is -4.79. The van der Waals surface area contributed by atoms with Crippen LogP contribution in [-0.4, -0.2) is 21.4 Å². The van der Waals surface area contributed by atoms with Gasteiger partial charge < -0.3 is 5.32 Å². The fourth-order valence-corrected chi connectivity index (χ4v) is 3.40. The molecule has 0 bridgehead atoms. The lowest BCUT2D eigenvalue weighted by Crippen LogP contribution is -2.20. The van der Waals surface area contributed by atoms with Crippen LogP contribution < -0.4 is 10.0 Å². The van der Waals surface area contributed by atoms with E-state index in [4.69, 9.17) is 0 Å². The number of nitrogens with one attached hydrogen (secondary N) is 2. The second-order valence-corrected chi connectivity index (χ2v) is 6.80. The molecule has 0 saturated heterocycles. The van der Waals surface area contributed by atoms with Crippen molar-refractivity contribution in [3.63, 3.8) is 0 Å². The Morgan fingerprint density at radius 3 is 2.20 bits per heavy atom. The van der Waals surface area contributed by atoms with E-state index in [1.165, 1.54) is 37.4 Å². The van der Waals surface area contributed by atoms with Gasteiger partial charge in [0, 0.05) is 12.7 Å². The van der Waals surface area contributed by atoms with Gasteiger partial charge in [0.15, 0.2) is 0 Å². The second-order valence-electron chi connectivity index (χ2n) is 5.15. The third-order valence-electron chi connectivity index (χ3n) is 3.33. The molecule has 5 nitrogen and oxygen atoms in total. The highest BCUT2D eigenvalue weighted by Crippen LogP contribution is 2.34. The number of amides is 1. The maximum atomic E-state index is 13.0. The van der Waals surface area contributed by atoms with E-state index in [2.05, 4.69) is 10.0 Å². The Kier molecular flexibility index (Phi) is 5.36. The molecule has 0 aliphatic rings. The Balaban J connectivity index is 2.27. The standard InChI is InChI=1S/C16H15F3N2O3S/c1-20-15(22)10-11-6-8-12(9-7-11)21-25(23,24)14-5-3-2-4-13(14)16(17,18)19/h2-9,21H,10H2,1H3,(H,20,22). The largest absolute Gasteiger partial charge is 0.417 e. The molecule has 0 saturated carbocycles. The number of likely N-dealkylation sites (N-methyl/N-ethyl adjacent to an activating group) is 1. The Bertz CT molecular complexity index is 863. The van der Waals surface area contributed by atoms with Crippen molar-refractivity contribution in [2.75, 3.05) is 11.8 Å². The minimum absolute atomic E-state index is 0.0950. The number of carbonyl (C=O) groups is 1. The quantitative estimate of drug-likeness (QED) is 0.848. The van der Waals surface area contributed by atoms with Gasteiger partial charge in [0.25, 0.3) is 10.0 Å². The van der Waals surface area contributed by atoms with Crippen LogP contribution in [0.15, 0.2) is 53.4 Å². The number of alkyl halides is 3. The van der Waals surface area contributed by atoms with Gasteiger partial charge in [0.2, 0.25) is 5.91 Å². The predicted molar refractivity (Wildman–Crippen MR) is 86.5 cm³/mol. The highest BCUT2D eigenvalue weighted by Gasteiger charge is 2.36. The molecule has 25 heavy (non-hydrogen) atoms. The highest BCUT2D eigenvalue weighted by atomic mass is 32.2. The van der Waals surface area contributed by atoms with Gasteiger partial charge in [-0.05, 0) is 29.8 Å². The molecular formula is C16H15F3N2O3S. The first-order valence-corrected chi connectivity index (χ1v) is 8.60. The maximum Gasteiger partial charge on any atom is 0.417 e. The van der Waals surface area contributed by atoms with E-state index in [0.717, 1.165) is 12.1 Å². The van der Waals surface area contributed by atoms with Crippen LogP contribution in [0.3, 0.4) is 0 Å². The van der Waals surface area contributed by atoms with Gasteiger partial charge in [-0.2, -0.15) is 13.2 Å². The number of halogens is 3. The lowest BCUT2D eigenvalue weighted by atomic mass is 10.1. The summed E-state index contributed by atoms with van der Waals surface area (Å²) in [5.74, 6) is -0.215. The van der Waals surface area contributed by atoms with Crippen molar-refractivity contribution in [3.8, 4) is 0 Å². The van der Waals surface area contributed by atoms with Gasteiger partial charge in [-0.3, -0.25) is 9.52 Å². The van der Waals surface area contributed by atoms with Gasteiger partial charge in [0.1, 0.15) is 0 Å². The fourth-order valence-electron chi connectivity index (χ4n) is 2.11. The van der Waals surface area contributed by atoms with Crippen molar-refractivity contribution in [1.82, 2.24) is 5.32 Å². The first kappa shape index (κ1) is 18.8. The van der Waals surface area contributed by atoms with E-state index in [1.807, 2.05) is 0 Å². The zero-order chi connectivity index (χ0) is 18.7. The summed E-state index contributed by atoms with van der Waals surface area (Å²) in [7, 11) is -2.93. The molecule has 2 rings (SSSR count). The smallest absolute Gasteiger partial charge is 0.359 e. The Labute approximate surface area is 142 Å². The van der Waals surface area contributed by atoms with Crippen molar-refractivity contribution in [3.05, 3.63) is 59.7 Å². The summed E-state index contributed by atoms with van der Waals surface area (Å²) < 4.78 is 65.7. The summed E-state index contributed by atoms with van der Waals surface area (Å²) in [6.45, 7) is 0. The molecule has 0 spiro atoms. The molecule has 1 amide bonds. The van der Waals surface area contributed by atoms with E-state index >= 15 is 0 Å². The Hall–Kier alpha value is -2.55. The molecule has 9 heteroatoms. The van der Waals surface area contributed by atoms with Gasteiger partial charge in [-0.15, -0.1) is 0 Å². The molecule has 0 fully saturated rings. The zero-order valence-corrected chi connectivity index (χ0v) is 13.9. The van der Waals surface area contributed by atoms with Crippen LogP contribution in [0.5, 0.6) is 0 Å². The van der Waals surface area contributed by atoms with E-state index in [1.54, 1.807) is 0 Å². The molecular weight excluding hydrogens is 357 g/mol. The number of hydrogen-bond acceptors (Lipinski definition) is 3. The molecule has 0 aliphatic heterocycles. The molecule has 134 valence electrons. The number of hydrogen-bond donors (Lipinski definition) is 2. The van der Waals surface area contributed by atoms with Crippen molar-refractivity contribution < 1.29 is 26.4 Å². The van der Waals surface area contributed by atoms with Crippen LogP contribution in [0, 0.1) is 0 Å². The summed E-state index contributed by atoms with van der Waals surface area (Å²) in [6.07, 6.45) is -4.68. The van der Waals surface area contributed by atoms with Crippen molar-refractivity contribution in [2.45, 2.75) is 17.5 Å². The molecule has 2 N–H and O–H groups in total. The third-order valence-corrected chi connectivity index (χ3v) is 4.77. The molecule has 2 aromatic rings. The summed E-state index contributed by atoms with van der Waals surface area (Å²) in [4.78, 5) is 10.4. The first-order valence-electron chi connectivity index (χ1n) is 7.12. The van der Waals surface area contributed by atoms with E-state index in [-0.39, 0.29) is 18.0 Å². The van der Waals surface area contributed by atoms with Crippen LogP contribution >= 0.6 is 0 Å². The molecule has 0 aromatic heterocycles. The van der Waals surface area contributed by atoms with Gasteiger partial charge in [-0.1, -0.05) is 24.3 Å². The lowest BCUT2D eigenvalue weighted by Gasteiger charge is -2.14. The fraction of sp³-hybridized carbons (Fsp3) is 0.188. The predicted octanol–water partition coefficient (Wildman–Crippen LogP) is 2.79. The molecule has 2 aromatic carbocycles. The van der Waals surface area contributed by atoms with Crippen molar-refractivity contribution >= 4 is 21.6 Å². The van der Waals surface area contributed by atoms with E-state index < -0.39 is 26.7 Å². The van der Waals surface area contributed by atoms with Crippen LogP contribution in [0.1, 0.15) is 11.1 Å². The second kappa shape index (κ2) is 7.14. The number of rotatable bonds is 5. The summed E-state index contributed by atoms with van der Waals surface area (Å²) >= 11 is 0. The Morgan fingerprint density at radius 2 is 1.64 bits per heavy atom. The normalized spacial score (nSPS) is 11.8. The molecule has 0 radical (unpaired) electrons. The molecule has 0 atom stereocenters. The SMILES string of the molecule is CNC(=O)Cc1ccc(NS(=O)(=O)c2ccccc2C(F)(F)F)cc1. The van der Waals surface area contributed by atoms with Crippen LogP contribution in [-0.2, 0) is 27.4 Å². The van der Waals surface area contributed by atoms with Gasteiger partial charge in [-0.25, -0.2) is 8.42 Å². The van der Waals surface area contributed by atoms with Crippen molar-refractivity contribution in [2.24, 2.45) is 0 Å². The monoisotopic (exact) mass is 372 g/mol. The zero-order valence-electron chi connectivity index (χ0n) is 13.1. The molecule has 0 unspecified atom stereocenters. The topological polar surface area (TPSA) is 75.3 Å². The molecule has 0 heterocycles. The third kappa shape index (κ3) is 4.72. The first-order chi connectivity index (χ1) is 11.6. The van der Waals surface area contributed by atoms with Gasteiger partial charge >= 0.3 is 6.18 Å². The van der Waals surface area contributed by atoms with E-state index in [0.29, 0.717) is 11.6 Å². The number of sulfonamides is 1. The average molecular weight is 372 g/mol. The number of benzene rings is 2. The Morgan fingerprint density at radius 1 is 1.04 bits per heavy atom. The van der Waals surface area contributed by atoms with Crippen LogP contribution in [0.25, 0.3) is 0 Å². The summed E-state index contributed by atoms with van der Waals surface area (Å²) in [5.41, 5.74) is -0.505. The lowest BCUT2D eigenvalue weighted by molar-refractivity contribution is -0.139. The highest BCUT2D eigenvalue weighted by molar-refractivity contribution is 7.92. The van der Waals surface area contributed by atoms with Crippen LogP contribution in [0.4, 0.5) is 18.9 Å². The minimum Gasteiger partial charge on any atom is -0.359 e. The number of carbonyl (C=O) groups excluding carboxylic acids is 1. The molecule has 0 aliphatic carbocycles. The summed E-state index contributed by atoms with van der Waals surface area (Å²) in [6, 6.07) is 9.74. The van der Waals surface area contributed by atoms with Gasteiger partial charge in [0.05, 0.1) is 16.9 Å². The van der Waals surface area contributed by atoms with E-state index in [9.17, 15) is 26.4 Å². The summed E-state index contributed by atoms with van der Waals surface area (Å²) in [5, 5.41) is 2.45. The van der Waals surface area contributed by atoms with Crippen LogP contribution in [0.2, 0.25) is 0 Å². The maximum absolute atomic E-state index is 13.0. The average Bonchev–Trinajstić information content (AvgIpc) is 2.55.